The molecule has 84 valence electrons. The maximum absolute atomic E-state index is 5.63. The van der Waals surface area contributed by atoms with Gasteiger partial charge in [0, 0.05) is 25.1 Å². The van der Waals surface area contributed by atoms with Crippen LogP contribution in [0.4, 0.5) is 5.69 Å². The third kappa shape index (κ3) is 2.79. The highest BCUT2D eigenvalue weighted by molar-refractivity contribution is 5.45. The molecule has 2 aromatic rings. The van der Waals surface area contributed by atoms with Gasteiger partial charge in [0.25, 0.3) is 0 Å². The van der Waals surface area contributed by atoms with E-state index >= 15 is 0 Å². The van der Waals surface area contributed by atoms with Gasteiger partial charge in [0.15, 0.2) is 0 Å². The number of benzene rings is 1. The molecule has 0 atom stereocenters. The number of rotatable bonds is 5. The summed E-state index contributed by atoms with van der Waals surface area (Å²) in [7, 11) is 1.90. The lowest BCUT2D eigenvalue weighted by Crippen LogP contribution is -2.06. The zero-order valence-electron chi connectivity index (χ0n) is 9.39. The molecule has 0 bridgehead atoms. The Morgan fingerprint density at radius 1 is 1.12 bits per heavy atom. The van der Waals surface area contributed by atoms with E-state index in [0.717, 1.165) is 18.0 Å². The van der Waals surface area contributed by atoms with Crippen LogP contribution in [0.15, 0.2) is 48.8 Å². The van der Waals surface area contributed by atoms with Crippen LogP contribution in [0.3, 0.4) is 0 Å². The molecule has 1 heterocycles. The second kappa shape index (κ2) is 5.26. The van der Waals surface area contributed by atoms with Gasteiger partial charge < -0.3 is 14.6 Å². The van der Waals surface area contributed by atoms with Gasteiger partial charge in [-0.2, -0.15) is 0 Å². The molecule has 16 heavy (non-hydrogen) atoms. The van der Waals surface area contributed by atoms with Crippen molar-refractivity contribution < 1.29 is 4.74 Å². The van der Waals surface area contributed by atoms with E-state index in [0.29, 0.717) is 6.61 Å². The van der Waals surface area contributed by atoms with Gasteiger partial charge in [-0.05, 0) is 36.4 Å². The first-order valence-corrected chi connectivity index (χ1v) is 5.40. The van der Waals surface area contributed by atoms with E-state index in [1.54, 1.807) is 0 Å². The molecule has 3 nitrogen and oxygen atoms in total. The molecular formula is C13H16N2O. The number of nitrogens with zero attached hydrogens (tertiary/aromatic N) is 1. The molecule has 0 aliphatic carbocycles. The van der Waals surface area contributed by atoms with E-state index < -0.39 is 0 Å². The summed E-state index contributed by atoms with van der Waals surface area (Å²) >= 11 is 0. The van der Waals surface area contributed by atoms with E-state index in [1.165, 1.54) is 0 Å². The quantitative estimate of drug-likeness (QED) is 0.831. The Labute approximate surface area is 95.7 Å². The first kappa shape index (κ1) is 10.6. The second-order valence-electron chi connectivity index (χ2n) is 3.54. The van der Waals surface area contributed by atoms with Gasteiger partial charge in [-0.1, -0.05) is 0 Å². The van der Waals surface area contributed by atoms with Crippen LogP contribution >= 0.6 is 0 Å². The Hall–Kier alpha value is -1.90. The molecule has 0 aliphatic heterocycles. The Balaban J connectivity index is 1.81. The second-order valence-corrected chi connectivity index (χ2v) is 3.54. The van der Waals surface area contributed by atoms with Crippen molar-refractivity contribution >= 4 is 5.69 Å². The molecular weight excluding hydrogens is 200 g/mol. The fourth-order valence-electron chi connectivity index (χ4n) is 1.51. The van der Waals surface area contributed by atoms with Crippen LogP contribution in [-0.2, 0) is 6.54 Å². The SMILES string of the molecule is CNc1ccc(OCCn2cccc2)cc1. The highest BCUT2D eigenvalue weighted by Gasteiger charge is 1.94. The molecule has 0 unspecified atom stereocenters. The van der Waals surface area contributed by atoms with Crippen molar-refractivity contribution in [3.05, 3.63) is 48.8 Å². The maximum Gasteiger partial charge on any atom is 0.119 e. The summed E-state index contributed by atoms with van der Waals surface area (Å²) in [5.74, 6) is 0.908. The fraction of sp³-hybridized carbons (Fsp3) is 0.231. The van der Waals surface area contributed by atoms with E-state index in [9.17, 15) is 0 Å². The molecule has 0 radical (unpaired) electrons. The lowest BCUT2D eigenvalue weighted by atomic mass is 10.3. The number of hydrogen-bond acceptors (Lipinski definition) is 2. The van der Waals surface area contributed by atoms with Gasteiger partial charge >= 0.3 is 0 Å². The van der Waals surface area contributed by atoms with E-state index in [4.69, 9.17) is 4.74 Å². The van der Waals surface area contributed by atoms with E-state index in [1.807, 2.05) is 55.8 Å². The standard InChI is InChI=1S/C13H16N2O/c1-14-12-4-6-13(7-5-12)16-11-10-15-8-2-3-9-15/h2-9,14H,10-11H2,1H3. The third-order valence-corrected chi connectivity index (χ3v) is 2.43. The Morgan fingerprint density at radius 3 is 2.44 bits per heavy atom. The molecule has 0 saturated carbocycles. The number of hydrogen-bond donors (Lipinski definition) is 1. The molecule has 1 aromatic carbocycles. The van der Waals surface area contributed by atoms with Crippen LogP contribution in [0.1, 0.15) is 0 Å². The molecule has 0 amide bonds. The molecule has 0 saturated heterocycles. The Morgan fingerprint density at radius 2 is 1.81 bits per heavy atom. The molecule has 1 aromatic heterocycles. The van der Waals surface area contributed by atoms with Crippen molar-refractivity contribution in [2.45, 2.75) is 6.54 Å². The van der Waals surface area contributed by atoms with Crippen molar-refractivity contribution in [3.63, 3.8) is 0 Å². The minimum Gasteiger partial charge on any atom is -0.492 e. The molecule has 0 spiro atoms. The van der Waals surface area contributed by atoms with Crippen LogP contribution in [0.25, 0.3) is 0 Å². The van der Waals surface area contributed by atoms with Crippen LogP contribution in [0, 0.1) is 0 Å². The predicted octanol–water partition coefficient (Wildman–Crippen LogP) is 2.61. The van der Waals surface area contributed by atoms with Gasteiger partial charge in [-0.25, -0.2) is 0 Å². The lowest BCUT2D eigenvalue weighted by molar-refractivity contribution is 0.298. The minimum atomic E-state index is 0.688. The monoisotopic (exact) mass is 216 g/mol. The summed E-state index contributed by atoms with van der Waals surface area (Å²) in [5, 5.41) is 3.07. The number of anilines is 1. The van der Waals surface area contributed by atoms with Crippen LogP contribution < -0.4 is 10.1 Å². The molecule has 0 aliphatic rings. The maximum atomic E-state index is 5.63. The minimum absolute atomic E-state index is 0.688. The summed E-state index contributed by atoms with van der Waals surface area (Å²) < 4.78 is 7.73. The van der Waals surface area contributed by atoms with Gasteiger partial charge in [-0.3, -0.25) is 0 Å². The normalized spacial score (nSPS) is 10.1. The van der Waals surface area contributed by atoms with Crippen LogP contribution in [0.5, 0.6) is 5.75 Å². The first-order valence-electron chi connectivity index (χ1n) is 5.40. The zero-order chi connectivity index (χ0) is 11.2. The lowest BCUT2D eigenvalue weighted by Gasteiger charge is -2.07. The molecule has 0 fully saturated rings. The fourth-order valence-corrected chi connectivity index (χ4v) is 1.51. The summed E-state index contributed by atoms with van der Waals surface area (Å²) in [6.07, 6.45) is 4.07. The summed E-state index contributed by atoms with van der Waals surface area (Å²) in [6, 6.07) is 12.0. The average molecular weight is 216 g/mol. The predicted molar refractivity (Wildman–Crippen MR) is 65.9 cm³/mol. The van der Waals surface area contributed by atoms with Gasteiger partial charge in [-0.15, -0.1) is 0 Å². The number of aromatic nitrogens is 1. The van der Waals surface area contributed by atoms with Crippen LogP contribution in [0.2, 0.25) is 0 Å². The molecule has 1 N–H and O–H groups in total. The summed E-state index contributed by atoms with van der Waals surface area (Å²) in [6.45, 7) is 1.56. The smallest absolute Gasteiger partial charge is 0.119 e. The Bertz CT molecular complexity index is 406. The average Bonchev–Trinajstić information content (AvgIpc) is 2.83. The van der Waals surface area contributed by atoms with Gasteiger partial charge in [0.2, 0.25) is 0 Å². The van der Waals surface area contributed by atoms with Crippen molar-refractivity contribution in [2.75, 3.05) is 19.0 Å². The van der Waals surface area contributed by atoms with E-state index in [2.05, 4.69) is 9.88 Å². The van der Waals surface area contributed by atoms with E-state index in [-0.39, 0.29) is 0 Å². The molecule has 3 heteroatoms. The topological polar surface area (TPSA) is 26.2 Å². The van der Waals surface area contributed by atoms with Gasteiger partial charge in [0.05, 0.1) is 6.54 Å². The first-order chi connectivity index (χ1) is 7.88. The zero-order valence-corrected chi connectivity index (χ0v) is 9.39. The largest absolute Gasteiger partial charge is 0.492 e. The van der Waals surface area contributed by atoms with Gasteiger partial charge in [0.1, 0.15) is 12.4 Å². The highest BCUT2D eigenvalue weighted by atomic mass is 16.5. The van der Waals surface area contributed by atoms with Crippen molar-refractivity contribution in [3.8, 4) is 5.75 Å². The Kier molecular flexibility index (Phi) is 3.49. The van der Waals surface area contributed by atoms with Crippen molar-refractivity contribution in [1.29, 1.82) is 0 Å². The summed E-state index contributed by atoms with van der Waals surface area (Å²) in [4.78, 5) is 0. The summed E-state index contributed by atoms with van der Waals surface area (Å²) in [5.41, 5.74) is 1.10. The highest BCUT2D eigenvalue weighted by Crippen LogP contribution is 2.14. The molecule has 2 rings (SSSR count). The van der Waals surface area contributed by atoms with Crippen molar-refractivity contribution in [1.82, 2.24) is 4.57 Å². The van der Waals surface area contributed by atoms with Crippen LogP contribution in [-0.4, -0.2) is 18.2 Å². The van der Waals surface area contributed by atoms with Crippen molar-refractivity contribution in [2.24, 2.45) is 0 Å². The number of ether oxygens (including phenoxy) is 1. The number of nitrogens with one attached hydrogen (secondary N) is 1. The third-order valence-electron chi connectivity index (χ3n) is 2.43.